The van der Waals surface area contributed by atoms with E-state index < -0.39 is 0 Å². The summed E-state index contributed by atoms with van der Waals surface area (Å²) in [5.74, 6) is 1.12. The van der Waals surface area contributed by atoms with Crippen LogP contribution >= 0.6 is 11.8 Å². The van der Waals surface area contributed by atoms with Crippen LogP contribution in [0.15, 0.2) is 35.2 Å². The van der Waals surface area contributed by atoms with E-state index in [9.17, 15) is 9.90 Å². The van der Waals surface area contributed by atoms with Crippen LogP contribution in [0.2, 0.25) is 0 Å². The van der Waals surface area contributed by atoms with Gasteiger partial charge in [0.05, 0.1) is 11.5 Å². The highest BCUT2D eigenvalue weighted by Gasteiger charge is 2.50. The van der Waals surface area contributed by atoms with Crippen molar-refractivity contribution >= 4 is 17.7 Å². The molecule has 6 heteroatoms. The van der Waals surface area contributed by atoms with Gasteiger partial charge in [-0.2, -0.15) is 0 Å². The normalized spacial score (nSPS) is 26.6. The fourth-order valence-corrected chi connectivity index (χ4v) is 5.69. The van der Waals surface area contributed by atoms with Gasteiger partial charge in [-0.3, -0.25) is 9.69 Å². The molecule has 1 atom stereocenters. The van der Waals surface area contributed by atoms with Crippen LogP contribution in [0.5, 0.6) is 0 Å². The van der Waals surface area contributed by atoms with E-state index in [2.05, 4.69) is 40.1 Å². The minimum atomic E-state index is -0.247. The first kappa shape index (κ1) is 20.2. The molecule has 154 valence electrons. The number of carbonyl (C=O) groups is 1. The molecule has 0 aliphatic carbocycles. The summed E-state index contributed by atoms with van der Waals surface area (Å²) >= 11 is 1.90. The second-order valence-electron chi connectivity index (χ2n) is 8.55. The molecule has 0 radical (unpaired) electrons. The van der Waals surface area contributed by atoms with E-state index in [1.54, 1.807) is 0 Å². The third kappa shape index (κ3) is 4.90. The molecular formula is C22H32N2O3S. The van der Waals surface area contributed by atoms with Crippen LogP contribution in [0.25, 0.3) is 0 Å². The summed E-state index contributed by atoms with van der Waals surface area (Å²) in [6, 6.07) is 10.5. The Morgan fingerprint density at radius 3 is 2.50 bits per heavy atom. The zero-order valence-electron chi connectivity index (χ0n) is 16.6. The largest absolute Gasteiger partial charge is 0.461 e. The number of esters is 1. The molecule has 3 fully saturated rings. The summed E-state index contributed by atoms with van der Waals surface area (Å²) in [5.41, 5.74) is -0.247. The van der Waals surface area contributed by atoms with Crippen molar-refractivity contribution < 1.29 is 14.6 Å². The van der Waals surface area contributed by atoms with Crippen LogP contribution in [-0.2, 0) is 9.53 Å². The molecule has 28 heavy (non-hydrogen) atoms. The molecule has 4 rings (SSSR count). The molecule has 3 aliphatic heterocycles. The van der Waals surface area contributed by atoms with Crippen LogP contribution in [0, 0.1) is 5.41 Å². The van der Waals surface area contributed by atoms with Gasteiger partial charge in [-0.25, -0.2) is 0 Å². The monoisotopic (exact) mass is 404 g/mol. The maximum absolute atomic E-state index is 12.7. The van der Waals surface area contributed by atoms with Gasteiger partial charge in [-0.15, -0.1) is 11.8 Å². The van der Waals surface area contributed by atoms with Crippen molar-refractivity contribution in [2.24, 2.45) is 5.41 Å². The Hall–Kier alpha value is -1.08. The van der Waals surface area contributed by atoms with Crippen LogP contribution < -0.4 is 0 Å². The molecule has 1 aromatic carbocycles. The lowest BCUT2D eigenvalue weighted by atomic mass is 9.76. The minimum Gasteiger partial charge on any atom is -0.461 e. The Kier molecular flexibility index (Phi) is 6.61. The molecule has 3 saturated heterocycles. The van der Waals surface area contributed by atoms with E-state index in [1.807, 2.05) is 11.8 Å². The number of piperidine rings is 2. The lowest BCUT2D eigenvalue weighted by Crippen LogP contribution is -2.43. The first-order valence-electron chi connectivity index (χ1n) is 10.6. The lowest BCUT2D eigenvalue weighted by molar-refractivity contribution is -0.151. The predicted octanol–water partition coefficient (Wildman–Crippen LogP) is 2.63. The molecule has 0 bridgehead atoms. The highest BCUT2D eigenvalue weighted by Crippen LogP contribution is 2.43. The first-order chi connectivity index (χ1) is 13.6. The predicted molar refractivity (Wildman–Crippen MR) is 111 cm³/mol. The number of thioether (sulfide) groups is 1. The highest BCUT2D eigenvalue weighted by molar-refractivity contribution is 7.99. The SMILES string of the molecule is O=C1OC(CN2CCC(O)CC2)CC12CCN(CCSc1ccccc1)CC2. The quantitative estimate of drug-likeness (QED) is 0.581. The van der Waals surface area contributed by atoms with E-state index in [0.29, 0.717) is 0 Å². The molecule has 1 spiro atoms. The van der Waals surface area contributed by atoms with Gasteiger partial charge >= 0.3 is 5.97 Å². The summed E-state index contributed by atoms with van der Waals surface area (Å²) in [6.07, 6.45) is 4.27. The molecular weight excluding hydrogens is 372 g/mol. The fraction of sp³-hybridized carbons (Fsp3) is 0.682. The van der Waals surface area contributed by atoms with Crippen molar-refractivity contribution in [1.29, 1.82) is 0 Å². The summed E-state index contributed by atoms with van der Waals surface area (Å²) < 4.78 is 5.79. The van der Waals surface area contributed by atoms with Gasteiger partial charge in [0, 0.05) is 43.2 Å². The van der Waals surface area contributed by atoms with Crippen LogP contribution in [-0.4, -0.2) is 78.1 Å². The zero-order valence-corrected chi connectivity index (χ0v) is 17.4. The summed E-state index contributed by atoms with van der Waals surface area (Å²) in [5, 5.41) is 9.66. The Morgan fingerprint density at radius 1 is 1.07 bits per heavy atom. The minimum absolute atomic E-state index is 0.0305. The number of nitrogens with zero attached hydrogens (tertiary/aromatic N) is 2. The van der Waals surface area contributed by atoms with Gasteiger partial charge in [-0.05, 0) is 50.9 Å². The van der Waals surface area contributed by atoms with Crippen LogP contribution in [0.1, 0.15) is 32.1 Å². The number of hydrogen-bond acceptors (Lipinski definition) is 6. The van der Waals surface area contributed by atoms with Crippen molar-refractivity contribution in [2.45, 2.75) is 49.2 Å². The highest BCUT2D eigenvalue weighted by atomic mass is 32.2. The average Bonchev–Trinajstić information content (AvgIpc) is 3.01. The Morgan fingerprint density at radius 2 is 1.79 bits per heavy atom. The van der Waals surface area contributed by atoms with Crippen LogP contribution in [0.3, 0.4) is 0 Å². The fourth-order valence-electron chi connectivity index (χ4n) is 4.75. The maximum Gasteiger partial charge on any atom is 0.312 e. The molecule has 1 N–H and O–H groups in total. The smallest absolute Gasteiger partial charge is 0.312 e. The van der Waals surface area contributed by atoms with Gasteiger partial charge in [-0.1, -0.05) is 18.2 Å². The second kappa shape index (κ2) is 9.16. The number of ether oxygens (including phenoxy) is 1. The van der Waals surface area contributed by atoms with E-state index in [-0.39, 0.29) is 23.6 Å². The third-order valence-electron chi connectivity index (χ3n) is 6.58. The van der Waals surface area contributed by atoms with E-state index in [1.165, 1.54) is 4.90 Å². The first-order valence-corrected chi connectivity index (χ1v) is 11.6. The standard InChI is InChI=1S/C22H32N2O3S/c25-18-6-10-24(11-7-18)17-19-16-22(21(26)27-19)8-12-23(13-9-22)14-15-28-20-4-2-1-3-5-20/h1-5,18-19,25H,6-17H2. The van der Waals surface area contributed by atoms with Crippen LogP contribution in [0.4, 0.5) is 0 Å². The van der Waals surface area contributed by atoms with Gasteiger partial charge in [0.1, 0.15) is 6.10 Å². The van der Waals surface area contributed by atoms with E-state index in [4.69, 9.17) is 4.74 Å². The summed E-state index contributed by atoms with van der Waals surface area (Å²) in [4.78, 5) is 18.8. The van der Waals surface area contributed by atoms with Crippen molar-refractivity contribution in [3.05, 3.63) is 30.3 Å². The topological polar surface area (TPSA) is 53.0 Å². The molecule has 0 aromatic heterocycles. The summed E-state index contributed by atoms with van der Waals surface area (Å²) in [7, 11) is 0. The van der Waals surface area contributed by atoms with Gasteiger partial charge < -0.3 is 14.7 Å². The van der Waals surface area contributed by atoms with Crippen molar-refractivity contribution in [3.8, 4) is 0 Å². The second-order valence-corrected chi connectivity index (χ2v) is 9.72. The van der Waals surface area contributed by atoms with E-state index in [0.717, 1.165) is 77.1 Å². The zero-order chi connectivity index (χ0) is 19.4. The van der Waals surface area contributed by atoms with Crippen molar-refractivity contribution in [1.82, 2.24) is 9.80 Å². The number of rotatable bonds is 6. The number of hydrogen-bond donors (Lipinski definition) is 1. The number of likely N-dealkylation sites (tertiary alicyclic amines) is 2. The number of aliphatic hydroxyl groups is 1. The average molecular weight is 405 g/mol. The Labute approximate surface area is 172 Å². The van der Waals surface area contributed by atoms with Gasteiger partial charge in [0.2, 0.25) is 0 Å². The molecule has 5 nitrogen and oxygen atoms in total. The number of aliphatic hydroxyl groups excluding tert-OH is 1. The van der Waals surface area contributed by atoms with Gasteiger partial charge in [0.25, 0.3) is 0 Å². The number of carbonyl (C=O) groups excluding carboxylic acids is 1. The molecule has 1 unspecified atom stereocenters. The Balaban J connectivity index is 1.20. The maximum atomic E-state index is 12.7. The van der Waals surface area contributed by atoms with Crippen molar-refractivity contribution in [2.75, 3.05) is 45.0 Å². The number of cyclic esters (lactones) is 1. The molecule has 0 amide bonds. The molecule has 3 aliphatic rings. The van der Waals surface area contributed by atoms with Crippen molar-refractivity contribution in [3.63, 3.8) is 0 Å². The third-order valence-corrected chi connectivity index (χ3v) is 7.57. The summed E-state index contributed by atoms with van der Waals surface area (Å²) in [6.45, 7) is 5.71. The van der Waals surface area contributed by atoms with Gasteiger partial charge in [0.15, 0.2) is 0 Å². The number of benzene rings is 1. The lowest BCUT2D eigenvalue weighted by Gasteiger charge is -2.36. The van der Waals surface area contributed by atoms with E-state index >= 15 is 0 Å². The Bertz CT molecular complexity index is 640. The molecule has 3 heterocycles. The molecule has 0 saturated carbocycles. The molecule has 1 aromatic rings.